The molecule has 0 amide bonds. The van der Waals surface area contributed by atoms with Gasteiger partial charge >= 0.3 is 0 Å². The van der Waals surface area contributed by atoms with Crippen molar-refractivity contribution in [1.82, 2.24) is 25.1 Å². The summed E-state index contributed by atoms with van der Waals surface area (Å²) in [7, 11) is 4.34. The van der Waals surface area contributed by atoms with E-state index in [0.717, 1.165) is 41.2 Å². The number of fused-ring (bicyclic) bond motifs is 1. The molecule has 1 aliphatic heterocycles. The number of piperidine rings is 1. The average Bonchev–Trinajstić information content (AvgIpc) is 2.72. The van der Waals surface area contributed by atoms with Crippen LogP contribution in [0, 0.1) is 5.92 Å². The second-order valence-electron chi connectivity index (χ2n) is 8.35. The highest BCUT2D eigenvalue weighted by Gasteiger charge is 2.41. The zero-order chi connectivity index (χ0) is 19.9. The largest absolute Gasteiger partial charge is 0.355 e. The highest BCUT2D eigenvalue weighted by molar-refractivity contribution is 5.76. The molecule has 2 aromatic heterocycles. The molecule has 1 saturated heterocycles. The Morgan fingerprint density at radius 3 is 2.50 bits per heavy atom. The number of likely N-dealkylation sites (tertiary alicyclic amines) is 1. The molecule has 6 heteroatoms. The zero-order valence-corrected chi connectivity index (χ0v) is 17.3. The van der Waals surface area contributed by atoms with Gasteiger partial charge in [-0.2, -0.15) is 0 Å². The molecule has 6 nitrogen and oxygen atoms in total. The van der Waals surface area contributed by atoms with Gasteiger partial charge in [0.25, 0.3) is 0 Å². The molecule has 1 fully saturated rings. The van der Waals surface area contributed by atoms with Crippen LogP contribution in [0.1, 0.15) is 27.2 Å². The van der Waals surface area contributed by atoms with Crippen LogP contribution in [-0.4, -0.2) is 57.3 Å². The minimum Gasteiger partial charge on any atom is -0.355 e. The summed E-state index contributed by atoms with van der Waals surface area (Å²) >= 11 is 0. The molecule has 0 bridgehead atoms. The summed E-state index contributed by atoms with van der Waals surface area (Å²) in [4.78, 5) is 13.9. The molecular weight excluding hydrogens is 348 g/mol. The summed E-state index contributed by atoms with van der Waals surface area (Å²) < 4.78 is 0. The summed E-state index contributed by atoms with van der Waals surface area (Å²) in [6.07, 6.45) is 2.88. The summed E-state index contributed by atoms with van der Waals surface area (Å²) in [5.41, 5.74) is 3.40. The number of para-hydroxylation sites is 2. The van der Waals surface area contributed by atoms with E-state index in [4.69, 9.17) is 0 Å². The lowest BCUT2D eigenvalue weighted by Crippen LogP contribution is -2.59. The van der Waals surface area contributed by atoms with Gasteiger partial charge in [0.1, 0.15) is 11.4 Å². The molecule has 0 radical (unpaired) electrons. The zero-order valence-electron chi connectivity index (χ0n) is 17.3. The monoisotopic (exact) mass is 376 g/mol. The molecule has 2 atom stereocenters. The first-order chi connectivity index (χ1) is 13.4. The topological polar surface area (TPSA) is 58.0 Å². The van der Waals surface area contributed by atoms with Crippen LogP contribution in [-0.2, 0) is 0 Å². The van der Waals surface area contributed by atoms with Gasteiger partial charge in [-0.1, -0.05) is 19.1 Å². The van der Waals surface area contributed by atoms with E-state index < -0.39 is 0 Å². The Hall–Kier alpha value is -2.60. The first-order valence-electron chi connectivity index (χ1n) is 9.88. The fraction of sp³-hybridized carbons (Fsp3) is 0.455. The average molecular weight is 377 g/mol. The molecule has 3 aromatic rings. The Labute approximate surface area is 166 Å². The first kappa shape index (κ1) is 18.7. The Morgan fingerprint density at radius 2 is 1.79 bits per heavy atom. The second kappa shape index (κ2) is 7.09. The van der Waals surface area contributed by atoms with Gasteiger partial charge in [0.05, 0.1) is 17.2 Å². The van der Waals surface area contributed by atoms with Crippen molar-refractivity contribution in [3.8, 4) is 11.4 Å². The van der Waals surface area contributed by atoms with Gasteiger partial charge in [-0.3, -0.25) is 4.98 Å². The molecule has 3 heterocycles. The molecule has 1 aromatic carbocycles. The van der Waals surface area contributed by atoms with Crippen molar-refractivity contribution >= 4 is 16.9 Å². The lowest BCUT2D eigenvalue weighted by atomic mass is 9.77. The fourth-order valence-electron chi connectivity index (χ4n) is 4.11. The third-order valence-electron chi connectivity index (χ3n) is 6.66. The number of anilines is 1. The van der Waals surface area contributed by atoms with Crippen LogP contribution in [0.25, 0.3) is 22.4 Å². The Kier molecular flexibility index (Phi) is 4.75. The van der Waals surface area contributed by atoms with Crippen molar-refractivity contribution < 1.29 is 0 Å². The van der Waals surface area contributed by atoms with Gasteiger partial charge in [0.15, 0.2) is 5.82 Å². The molecule has 0 aliphatic carbocycles. The number of rotatable bonds is 3. The predicted octanol–water partition coefficient (Wildman–Crippen LogP) is 3.64. The standard InChI is InChI=1S/C22H28N6/c1-15-20(12-13-27(4)22(15,2)3)28(5)21-11-10-18(25-26-21)19-14-23-16-8-6-7-9-17(16)24-19/h6-11,14-15,20H,12-13H2,1-5H3. The van der Waals surface area contributed by atoms with Gasteiger partial charge < -0.3 is 9.80 Å². The maximum absolute atomic E-state index is 4.67. The van der Waals surface area contributed by atoms with E-state index in [-0.39, 0.29) is 5.54 Å². The van der Waals surface area contributed by atoms with E-state index in [0.29, 0.717) is 12.0 Å². The Bertz CT molecular complexity index is 968. The van der Waals surface area contributed by atoms with Gasteiger partial charge in [-0.15, -0.1) is 10.2 Å². The minimum absolute atomic E-state index is 0.158. The normalized spacial score (nSPS) is 22.3. The van der Waals surface area contributed by atoms with E-state index in [2.05, 4.69) is 64.8 Å². The van der Waals surface area contributed by atoms with Crippen LogP contribution in [0.3, 0.4) is 0 Å². The summed E-state index contributed by atoms with van der Waals surface area (Å²) in [6.45, 7) is 8.07. The van der Waals surface area contributed by atoms with Gasteiger partial charge in [-0.05, 0) is 57.5 Å². The molecule has 28 heavy (non-hydrogen) atoms. The van der Waals surface area contributed by atoms with Gasteiger partial charge in [0.2, 0.25) is 0 Å². The van der Waals surface area contributed by atoms with Gasteiger partial charge in [0, 0.05) is 25.2 Å². The number of aromatic nitrogens is 4. The third-order valence-corrected chi connectivity index (χ3v) is 6.66. The van der Waals surface area contributed by atoms with Crippen LogP contribution in [0.5, 0.6) is 0 Å². The summed E-state index contributed by atoms with van der Waals surface area (Å²) in [6, 6.07) is 12.3. The smallest absolute Gasteiger partial charge is 0.151 e. The van der Waals surface area contributed by atoms with Crippen LogP contribution >= 0.6 is 0 Å². The van der Waals surface area contributed by atoms with E-state index >= 15 is 0 Å². The van der Waals surface area contributed by atoms with Crippen LogP contribution in [0.2, 0.25) is 0 Å². The van der Waals surface area contributed by atoms with Crippen molar-refractivity contribution in [1.29, 1.82) is 0 Å². The van der Waals surface area contributed by atoms with Gasteiger partial charge in [-0.25, -0.2) is 4.98 Å². The fourth-order valence-corrected chi connectivity index (χ4v) is 4.11. The molecule has 146 valence electrons. The van der Waals surface area contributed by atoms with E-state index in [1.807, 2.05) is 36.4 Å². The molecular formula is C22H28N6. The van der Waals surface area contributed by atoms with Crippen molar-refractivity contribution in [2.75, 3.05) is 25.5 Å². The molecule has 1 aliphatic rings. The van der Waals surface area contributed by atoms with E-state index in [1.165, 1.54) is 0 Å². The van der Waals surface area contributed by atoms with Crippen molar-refractivity contribution in [3.05, 3.63) is 42.6 Å². The highest BCUT2D eigenvalue weighted by atomic mass is 15.3. The van der Waals surface area contributed by atoms with Crippen molar-refractivity contribution in [2.45, 2.75) is 38.8 Å². The number of hydrogen-bond donors (Lipinski definition) is 0. The summed E-state index contributed by atoms with van der Waals surface area (Å²) in [5, 5.41) is 8.95. The Morgan fingerprint density at radius 1 is 1.04 bits per heavy atom. The highest BCUT2D eigenvalue weighted by Crippen LogP contribution is 2.35. The van der Waals surface area contributed by atoms with Crippen molar-refractivity contribution in [2.24, 2.45) is 5.92 Å². The Balaban J connectivity index is 1.57. The lowest BCUT2D eigenvalue weighted by molar-refractivity contribution is 0.0391. The van der Waals surface area contributed by atoms with E-state index in [1.54, 1.807) is 6.20 Å². The maximum atomic E-state index is 4.67. The van der Waals surface area contributed by atoms with Crippen molar-refractivity contribution in [3.63, 3.8) is 0 Å². The summed E-state index contributed by atoms with van der Waals surface area (Å²) in [5.74, 6) is 1.42. The number of benzene rings is 1. The van der Waals surface area contributed by atoms with Crippen LogP contribution in [0.15, 0.2) is 42.6 Å². The number of nitrogens with zero attached hydrogens (tertiary/aromatic N) is 6. The second-order valence-corrected chi connectivity index (χ2v) is 8.35. The molecule has 0 N–H and O–H groups in total. The molecule has 2 unspecified atom stereocenters. The van der Waals surface area contributed by atoms with E-state index in [9.17, 15) is 0 Å². The molecule has 4 rings (SSSR count). The first-order valence-corrected chi connectivity index (χ1v) is 9.88. The third kappa shape index (κ3) is 3.22. The predicted molar refractivity (Wildman–Crippen MR) is 113 cm³/mol. The lowest BCUT2D eigenvalue weighted by Gasteiger charge is -2.51. The number of hydrogen-bond acceptors (Lipinski definition) is 6. The van der Waals surface area contributed by atoms with Crippen LogP contribution in [0.4, 0.5) is 5.82 Å². The van der Waals surface area contributed by atoms with Crippen LogP contribution < -0.4 is 4.90 Å². The SMILES string of the molecule is CC1C(N(C)c2ccc(-c3cnc4ccccc4n3)nn2)CCN(C)C1(C)C. The minimum atomic E-state index is 0.158. The quantitative estimate of drug-likeness (QED) is 0.696. The maximum Gasteiger partial charge on any atom is 0.151 e. The molecule has 0 saturated carbocycles. The molecule has 0 spiro atoms.